The van der Waals surface area contributed by atoms with Gasteiger partial charge in [-0.3, -0.25) is 4.40 Å². The summed E-state index contributed by atoms with van der Waals surface area (Å²) < 4.78 is 7.37. The van der Waals surface area contributed by atoms with Crippen LogP contribution in [0.15, 0.2) is 182 Å². The largest absolute Gasteiger partial charge is 0.309 e. The van der Waals surface area contributed by atoms with Crippen LogP contribution >= 0.6 is 0 Å². The van der Waals surface area contributed by atoms with Gasteiger partial charge in [0.15, 0.2) is 0 Å². The Kier molecular flexibility index (Phi) is 5.38. The third-order valence-corrected chi connectivity index (χ3v) is 13.4. The zero-order valence-corrected chi connectivity index (χ0v) is 31.6. The van der Waals surface area contributed by atoms with E-state index >= 15 is 0 Å². The van der Waals surface area contributed by atoms with Crippen molar-refractivity contribution in [3.05, 3.63) is 182 Å². The number of fused-ring (bicyclic) bond motifs is 19. The highest BCUT2D eigenvalue weighted by molar-refractivity contribution is 6.34. The van der Waals surface area contributed by atoms with Gasteiger partial charge in [0.1, 0.15) is 5.65 Å². The molecule has 0 radical (unpaired) electrons. The Labute approximate surface area is 335 Å². The molecule has 270 valence electrons. The van der Waals surface area contributed by atoms with Crippen molar-refractivity contribution in [1.82, 2.24) is 18.4 Å². The first-order chi connectivity index (χ1) is 29.3. The van der Waals surface area contributed by atoms with Crippen LogP contribution in [0, 0.1) is 0 Å². The van der Waals surface area contributed by atoms with E-state index in [2.05, 4.69) is 195 Å². The van der Waals surface area contributed by atoms with Crippen molar-refractivity contribution in [2.24, 2.45) is 0 Å². The van der Waals surface area contributed by atoms with Crippen LogP contribution in [0.1, 0.15) is 0 Å². The molecule has 0 aliphatic heterocycles. The molecule has 4 nitrogen and oxygen atoms in total. The molecule has 0 atom stereocenters. The molecule has 15 rings (SSSR count). The van der Waals surface area contributed by atoms with Gasteiger partial charge >= 0.3 is 0 Å². The summed E-state index contributed by atoms with van der Waals surface area (Å²) >= 11 is 0. The Morgan fingerprint density at radius 2 is 1.02 bits per heavy atom. The number of hydrogen-bond donors (Lipinski definition) is 0. The normalized spacial score (nSPS) is 12.7. The summed E-state index contributed by atoms with van der Waals surface area (Å²) in [6.07, 6.45) is 0. The quantitative estimate of drug-likeness (QED) is 0.173. The predicted octanol–water partition coefficient (Wildman–Crippen LogP) is 14.5. The van der Waals surface area contributed by atoms with E-state index in [-0.39, 0.29) is 0 Å². The maximum absolute atomic E-state index is 5.79. The van der Waals surface area contributed by atoms with Gasteiger partial charge in [0, 0.05) is 59.7 Å². The standard InChI is InChI=1S/C55H30N4/c1-2-14-34(15-3-1)57-45-23-9-8-18-38(45)42-28-33(25-26-46(42)57)37-19-10-20-39-43-29-32-13-5-7-17-36(32)50-51-48(58(52(37)39)54(43)50)30-44-40-21-11-22-41-49-35-16-6-4-12-31(35)24-27-47(49)59(53(40)41)55(44)56-51/h1-30H. The molecule has 59 heavy (non-hydrogen) atoms. The van der Waals surface area contributed by atoms with E-state index in [1.807, 2.05) is 0 Å². The Balaban J connectivity index is 1.10. The summed E-state index contributed by atoms with van der Waals surface area (Å²) in [7, 11) is 0. The van der Waals surface area contributed by atoms with E-state index in [4.69, 9.17) is 4.98 Å². The van der Waals surface area contributed by atoms with Crippen LogP contribution in [-0.4, -0.2) is 18.4 Å². The van der Waals surface area contributed by atoms with Crippen LogP contribution in [-0.2, 0) is 0 Å². The third-order valence-electron chi connectivity index (χ3n) is 13.4. The van der Waals surface area contributed by atoms with E-state index in [1.54, 1.807) is 0 Å². The number of pyridine rings is 1. The summed E-state index contributed by atoms with van der Waals surface area (Å²) in [5.41, 5.74) is 14.1. The SMILES string of the molecule is c1ccc(-n2c3ccccc3c3cc(-c4cccc5c6cc7ccccc7c7c8nc9c(cc8n(c45)c67)c4cccc5c6c7ccccc7ccc6n9c45)ccc32)cc1. The van der Waals surface area contributed by atoms with E-state index < -0.39 is 0 Å². The van der Waals surface area contributed by atoms with Gasteiger partial charge in [-0.2, -0.15) is 0 Å². The smallest absolute Gasteiger partial charge is 0.146 e. The van der Waals surface area contributed by atoms with Gasteiger partial charge in [0.05, 0.1) is 44.1 Å². The summed E-state index contributed by atoms with van der Waals surface area (Å²) in [6.45, 7) is 0. The van der Waals surface area contributed by atoms with Crippen molar-refractivity contribution in [2.75, 3.05) is 0 Å². The number of aromatic nitrogens is 4. The fourth-order valence-electron chi connectivity index (χ4n) is 11.1. The van der Waals surface area contributed by atoms with Crippen LogP contribution in [0.3, 0.4) is 0 Å². The molecule has 0 saturated carbocycles. The molecule has 0 saturated heterocycles. The van der Waals surface area contributed by atoms with E-state index in [0.717, 1.165) is 16.7 Å². The Morgan fingerprint density at radius 3 is 1.90 bits per heavy atom. The molecule has 0 N–H and O–H groups in total. The lowest BCUT2D eigenvalue weighted by atomic mass is 9.98. The number of benzene rings is 9. The zero-order valence-electron chi connectivity index (χ0n) is 31.6. The van der Waals surface area contributed by atoms with Gasteiger partial charge in [-0.25, -0.2) is 4.98 Å². The molecule has 0 amide bonds. The summed E-state index contributed by atoms with van der Waals surface area (Å²) in [5.74, 6) is 0. The Bertz CT molecular complexity index is 4300. The second-order valence-corrected chi connectivity index (χ2v) is 16.3. The molecule has 6 heterocycles. The second kappa shape index (κ2) is 10.5. The minimum Gasteiger partial charge on any atom is -0.309 e. The Morgan fingerprint density at radius 1 is 0.339 bits per heavy atom. The highest BCUT2D eigenvalue weighted by Gasteiger charge is 2.26. The average molecular weight is 747 g/mol. The summed E-state index contributed by atoms with van der Waals surface area (Å²) in [4.78, 5) is 5.79. The van der Waals surface area contributed by atoms with Crippen LogP contribution in [0.5, 0.6) is 0 Å². The number of rotatable bonds is 2. The molecule has 0 aliphatic carbocycles. The third kappa shape index (κ3) is 3.60. The molecule has 0 spiro atoms. The lowest BCUT2D eigenvalue weighted by molar-refractivity contribution is 1.18. The number of hydrogen-bond acceptors (Lipinski definition) is 1. The molecule has 4 heteroatoms. The van der Waals surface area contributed by atoms with Gasteiger partial charge in [0.2, 0.25) is 0 Å². The Hall–Kier alpha value is -7.95. The van der Waals surface area contributed by atoms with Crippen LogP contribution in [0.2, 0.25) is 0 Å². The lowest BCUT2D eigenvalue weighted by Crippen LogP contribution is -1.93. The van der Waals surface area contributed by atoms with Gasteiger partial charge < -0.3 is 8.97 Å². The molecule has 6 aromatic heterocycles. The van der Waals surface area contributed by atoms with Gasteiger partial charge in [-0.15, -0.1) is 0 Å². The highest BCUT2D eigenvalue weighted by Crippen LogP contribution is 2.48. The predicted molar refractivity (Wildman–Crippen MR) is 248 cm³/mol. The lowest BCUT2D eigenvalue weighted by Gasteiger charge is -2.09. The van der Waals surface area contributed by atoms with Gasteiger partial charge in [-0.05, 0) is 75.6 Å². The maximum atomic E-state index is 5.79. The van der Waals surface area contributed by atoms with Crippen LogP contribution in [0.25, 0.3) is 137 Å². The van der Waals surface area contributed by atoms with Crippen molar-refractivity contribution in [3.63, 3.8) is 0 Å². The molecule has 0 fully saturated rings. The van der Waals surface area contributed by atoms with Gasteiger partial charge in [-0.1, -0.05) is 133 Å². The minimum atomic E-state index is 1.01. The minimum absolute atomic E-state index is 1.01. The second-order valence-electron chi connectivity index (χ2n) is 16.3. The van der Waals surface area contributed by atoms with Gasteiger partial charge in [0.25, 0.3) is 0 Å². The topological polar surface area (TPSA) is 26.6 Å². The number of para-hydroxylation sites is 4. The van der Waals surface area contributed by atoms with E-state index in [9.17, 15) is 0 Å². The molecular weight excluding hydrogens is 717 g/mol. The molecule has 0 aliphatic rings. The zero-order chi connectivity index (χ0) is 38.1. The maximum Gasteiger partial charge on any atom is 0.146 e. The molecule has 0 unspecified atom stereocenters. The van der Waals surface area contributed by atoms with E-state index in [0.29, 0.717) is 0 Å². The number of nitrogens with zero attached hydrogens (tertiary/aromatic N) is 4. The average Bonchev–Trinajstić information content (AvgIpc) is 4.08. The fourth-order valence-corrected chi connectivity index (χ4v) is 11.1. The molecular formula is C55H30N4. The van der Waals surface area contributed by atoms with Crippen LogP contribution < -0.4 is 0 Å². The first-order valence-corrected chi connectivity index (χ1v) is 20.4. The molecule has 0 bridgehead atoms. The van der Waals surface area contributed by atoms with Crippen molar-refractivity contribution in [3.8, 4) is 16.8 Å². The first kappa shape index (κ1) is 30.2. The monoisotopic (exact) mass is 746 g/mol. The van der Waals surface area contributed by atoms with Crippen molar-refractivity contribution in [1.29, 1.82) is 0 Å². The first-order valence-electron chi connectivity index (χ1n) is 20.4. The van der Waals surface area contributed by atoms with Crippen molar-refractivity contribution < 1.29 is 0 Å². The fraction of sp³-hybridized carbons (Fsp3) is 0. The molecule has 15 aromatic rings. The van der Waals surface area contributed by atoms with Crippen LogP contribution in [0.4, 0.5) is 0 Å². The summed E-state index contributed by atoms with van der Waals surface area (Å²) in [6, 6.07) is 67.2. The summed E-state index contributed by atoms with van der Waals surface area (Å²) in [5, 5.41) is 16.2. The molecule has 9 aromatic carbocycles. The van der Waals surface area contributed by atoms with Crippen molar-refractivity contribution >= 4 is 120 Å². The highest BCUT2D eigenvalue weighted by atomic mass is 15.0. The van der Waals surface area contributed by atoms with E-state index in [1.165, 1.54) is 120 Å². The van der Waals surface area contributed by atoms with Crippen molar-refractivity contribution in [2.45, 2.75) is 0 Å².